The minimum absolute atomic E-state index is 0.0751. The number of alkyl halides is 3. The third kappa shape index (κ3) is 6.31. The second-order valence-corrected chi connectivity index (χ2v) is 6.49. The van der Waals surface area contributed by atoms with Gasteiger partial charge in [0, 0.05) is 44.7 Å². The summed E-state index contributed by atoms with van der Waals surface area (Å²) < 4.78 is 37.0. The highest BCUT2D eigenvalue weighted by atomic mass is 19.4. The number of amides is 4. The molecule has 0 aliphatic carbocycles. The number of urea groups is 1. The first-order chi connectivity index (χ1) is 14.5. The number of ether oxygens (including phenoxy) is 1. The molecule has 0 radical (unpaired) electrons. The number of nitrogens with zero attached hydrogens (tertiary/aromatic N) is 2. The Hall–Kier alpha value is -3.35. The number of hydrogen-bond acceptors (Lipinski definition) is 6. The van der Waals surface area contributed by atoms with Gasteiger partial charge in [-0.15, -0.1) is 0 Å². The van der Waals surface area contributed by atoms with E-state index in [0.717, 1.165) is 13.1 Å². The van der Waals surface area contributed by atoms with Gasteiger partial charge < -0.3 is 20.1 Å². The number of carboxylic acids is 1. The molecular formula is C18H21F3N4O6. The molecule has 1 aromatic rings. The number of carbonyl (C=O) groups is 4. The number of piperazine rings is 1. The summed E-state index contributed by atoms with van der Waals surface area (Å²) in [5.41, 5.74) is 0.987. The summed E-state index contributed by atoms with van der Waals surface area (Å²) in [4.78, 5) is 48.2. The Morgan fingerprint density at radius 2 is 1.74 bits per heavy atom. The molecule has 0 atom stereocenters. The van der Waals surface area contributed by atoms with Crippen LogP contribution in [-0.4, -0.2) is 79.8 Å². The third-order valence-electron chi connectivity index (χ3n) is 4.42. The number of anilines is 1. The van der Waals surface area contributed by atoms with Crippen LogP contribution < -0.4 is 20.3 Å². The molecule has 13 heteroatoms. The number of nitrogens with one attached hydrogen (secondary N) is 2. The number of hydrogen-bond donors (Lipinski definition) is 3. The van der Waals surface area contributed by atoms with E-state index in [-0.39, 0.29) is 24.8 Å². The van der Waals surface area contributed by atoms with Crippen molar-refractivity contribution < 1.29 is 42.2 Å². The largest absolute Gasteiger partial charge is 0.495 e. The van der Waals surface area contributed by atoms with Gasteiger partial charge in [0.2, 0.25) is 5.91 Å². The van der Waals surface area contributed by atoms with Gasteiger partial charge in [0.05, 0.1) is 12.8 Å². The van der Waals surface area contributed by atoms with Gasteiger partial charge in [-0.1, -0.05) is 0 Å². The van der Waals surface area contributed by atoms with Crippen LogP contribution in [0, 0.1) is 0 Å². The predicted molar refractivity (Wildman–Crippen MR) is 101 cm³/mol. The summed E-state index contributed by atoms with van der Waals surface area (Å²) in [6.07, 6.45) is -4.87. The molecule has 0 unspecified atom stereocenters. The first-order valence-electron chi connectivity index (χ1n) is 9.14. The lowest BCUT2D eigenvalue weighted by Crippen LogP contribution is -2.49. The Kier molecular flexibility index (Phi) is 7.80. The van der Waals surface area contributed by atoms with Crippen LogP contribution in [0.2, 0.25) is 0 Å². The lowest BCUT2D eigenvalue weighted by molar-refractivity contribution is -0.192. The molecule has 2 saturated heterocycles. The second kappa shape index (κ2) is 10.1. The minimum atomic E-state index is -5.08. The lowest BCUT2D eigenvalue weighted by atomic mass is 10.1. The van der Waals surface area contributed by atoms with E-state index in [4.69, 9.17) is 14.6 Å². The van der Waals surface area contributed by atoms with E-state index in [1.54, 1.807) is 23.1 Å². The van der Waals surface area contributed by atoms with Gasteiger partial charge in [-0.05, 0) is 18.2 Å². The third-order valence-corrected chi connectivity index (χ3v) is 4.42. The van der Waals surface area contributed by atoms with Crippen molar-refractivity contribution in [3.05, 3.63) is 23.8 Å². The van der Waals surface area contributed by atoms with Crippen molar-refractivity contribution in [2.75, 3.05) is 44.7 Å². The number of imide groups is 1. The van der Waals surface area contributed by atoms with Crippen molar-refractivity contribution in [3.63, 3.8) is 0 Å². The Morgan fingerprint density at radius 3 is 2.26 bits per heavy atom. The molecule has 31 heavy (non-hydrogen) atoms. The van der Waals surface area contributed by atoms with Gasteiger partial charge >= 0.3 is 18.2 Å². The zero-order valence-corrected chi connectivity index (χ0v) is 16.5. The van der Waals surface area contributed by atoms with Gasteiger partial charge in [-0.3, -0.25) is 19.8 Å². The summed E-state index contributed by atoms with van der Waals surface area (Å²) in [5, 5.41) is 12.6. The number of benzene rings is 1. The van der Waals surface area contributed by atoms with Crippen molar-refractivity contribution in [3.8, 4) is 5.75 Å². The Bertz CT molecular complexity index is 855. The van der Waals surface area contributed by atoms with Crippen LogP contribution in [-0.2, 0) is 9.59 Å². The maximum Gasteiger partial charge on any atom is 0.490 e. The van der Waals surface area contributed by atoms with E-state index in [0.29, 0.717) is 30.1 Å². The molecule has 4 amide bonds. The summed E-state index contributed by atoms with van der Waals surface area (Å²) in [5.74, 6) is -2.65. The van der Waals surface area contributed by atoms with Crippen molar-refractivity contribution in [2.24, 2.45) is 0 Å². The SMILES string of the molecule is COc1ccc(C(=O)N2CCNCC2)cc1N1CCC(=O)NC1=O.O=C(O)C(F)(F)F. The summed E-state index contributed by atoms with van der Waals surface area (Å²) in [6, 6.07) is 4.52. The molecule has 170 valence electrons. The van der Waals surface area contributed by atoms with Crippen LogP contribution in [0.5, 0.6) is 5.75 Å². The second-order valence-electron chi connectivity index (χ2n) is 6.49. The molecule has 2 aliphatic heterocycles. The normalized spacial score (nSPS) is 16.8. The van der Waals surface area contributed by atoms with Crippen molar-refractivity contribution >= 4 is 29.5 Å². The molecule has 3 N–H and O–H groups in total. The first-order valence-corrected chi connectivity index (χ1v) is 9.14. The Balaban J connectivity index is 0.000000423. The monoisotopic (exact) mass is 446 g/mol. The number of rotatable bonds is 3. The van der Waals surface area contributed by atoms with Crippen LogP contribution in [0.1, 0.15) is 16.8 Å². The van der Waals surface area contributed by atoms with E-state index in [1.165, 1.54) is 12.0 Å². The molecule has 2 heterocycles. The van der Waals surface area contributed by atoms with E-state index >= 15 is 0 Å². The van der Waals surface area contributed by atoms with Crippen LogP contribution in [0.3, 0.4) is 0 Å². The smallest absolute Gasteiger partial charge is 0.490 e. The fourth-order valence-electron chi connectivity index (χ4n) is 2.88. The molecule has 0 spiro atoms. The van der Waals surface area contributed by atoms with E-state index < -0.39 is 18.2 Å². The Morgan fingerprint density at radius 1 is 1.13 bits per heavy atom. The molecule has 3 rings (SSSR count). The quantitative estimate of drug-likeness (QED) is 0.627. The van der Waals surface area contributed by atoms with E-state index in [1.807, 2.05) is 0 Å². The number of halogens is 3. The number of carbonyl (C=O) groups excluding carboxylic acids is 3. The summed E-state index contributed by atoms with van der Waals surface area (Å²) in [6.45, 7) is 3.10. The van der Waals surface area contributed by atoms with Crippen molar-refractivity contribution in [1.82, 2.24) is 15.5 Å². The van der Waals surface area contributed by atoms with Gasteiger partial charge in [-0.25, -0.2) is 9.59 Å². The van der Waals surface area contributed by atoms with Gasteiger partial charge in [-0.2, -0.15) is 13.2 Å². The topological polar surface area (TPSA) is 128 Å². The van der Waals surface area contributed by atoms with Gasteiger partial charge in [0.15, 0.2) is 0 Å². The van der Waals surface area contributed by atoms with Crippen molar-refractivity contribution in [2.45, 2.75) is 12.6 Å². The highest BCUT2D eigenvalue weighted by molar-refractivity contribution is 6.07. The number of carboxylic acid groups (broad SMARTS) is 1. The van der Waals surface area contributed by atoms with Gasteiger partial charge in [0.25, 0.3) is 5.91 Å². The molecule has 1 aromatic carbocycles. The highest BCUT2D eigenvalue weighted by Gasteiger charge is 2.38. The number of aliphatic carboxylic acids is 1. The average Bonchev–Trinajstić information content (AvgIpc) is 2.73. The zero-order valence-electron chi connectivity index (χ0n) is 16.5. The van der Waals surface area contributed by atoms with Crippen molar-refractivity contribution in [1.29, 1.82) is 0 Å². The molecule has 2 aliphatic rings. The molecule has 0 aromatic heterocycles. The van der Waals surface area contributed by atoms with Crippen LogP contribution >= 0.6 is 0 Å². The maximum atomic E-state index is 12.7. The average molecular weight is 446 g/mol. The molecule has 2 fully saturated rings. The van der Waals surface area contributed by atoms with Crippen LogP contribution in [0.25, 0.3) is 0 Å². The van der Waals surface area contributed by atoms with E-state index in [9.17, 15) is 27.6 Å². The maximum absolute atomic E-state index is 12.7. The van der Waals surface area contributed by atoms with Crippen LogP contribution in [0.4, 0.5) is 23.7 Å². The number of methoxy groups -OCH3 is 1. The van der Waals surface area contributed by atoms with Gasteiger partial charge in [0.1, 0.15) is 5.75 Å². The lowest BCUT2D eigenvalue weighted by Gasteiger charge is -2.30. The van der Waals surface area contributed by atoms with Crippen LogP contribution in [0.15, 0.2) is 18.2 Å². The Labute approximate surface area is 174 Å². The fraction of sp³-hybridized carbons (Fsp3) is 0.444. The van der Waals surface area contributed by atoms with E-state index in [2.05, 4.69) is 10.6 Å². The predicted octanol–water partition coefficient (Wildman–Crippen LogP) is 0.820. The summed E-state index contributed by atoms with van der Waals surface area (Å²) in [7, 11) is 1.50. The molecule has 0 bridgehead atoms. The zero-order chi connectivity index (χ0) is 23.2. The fourth-order valence-corrected chi connectivity index (χ4v) is 2.88. The first kappa shape index (κ1) is 23.9. The minimum Gasteiger partial charge on any atom is -0.495 e. The highest BCUT2D eigenvalue weighted by Crippen LogP contribution is 2.31. The summed E-state index contributed by atoms with van der Waals surface area (Å²) >= 11 is 0. The molecule has 10 nitrogen and oxygen atoms in total. The molecular weight excluding hydrogens is 425 g/mol. The molecule has 0 saturated carbocycles. The standard InChI is InChI=1S/C16H20N4O4.C2HF3O2/c1-24-13-3-2-11(15(22)19-8-5-17-6-9-19)10-12(13)20-7-4-14(21)18-16(20)23;3-2(4,5)1(6)7/h2-3,10,17H,4-9H2,1H3,(H,18,21,23);(H,6,7).